The SMILES string of the molecule is CC1C=C(N(C2=CCC(c3ccccc3)C=C2)C2C=CC(c3ccc4oc5c(c4c3)CCC#C5)CC2)C=CC1C1=CC2C3=C(C=CCC3)SC2C=C1. The quantitative estimate of drug-likeness (QED) is 0.189. The van der Waals surface area contributed by atoms with Gasteiger partial charge in [0.2, 0.25) is 0 Å². The van der Waals surface area contributed by atoms with Crippen LogP contribution in [0.3, 0.4) is 0 Å². The third-order valence-corrected chi connectivity index (χ3v) is 13.7. The zero-order chi connectivity index (χ0) is 34.6. The number of allylic oxidation sites excluding steroid dienone is 13. The maximum Gasteiger partial charge on any atom is 0.181 e. The summed E-state index contributed by atoms with van der Waals surface area (Å²) in [7, 11) is 0. The molecule has 7 aliphatic rings. The van der Waals surface area contributed by atoms with Gasteiger partial charge in [0.25, 0.3) is 0 Å². The summed E-state index contributed by atoms with van der Waals surface area (Å²) in [6.07, 6.45) is 39.5. The molecule has 0 radical (unpaired) electrons. The Morgan fingerprint density at radius 3 is 2.58 bits per heavy atom. The largest absolute Gasteiger partial charge is 0.447 e. The Hall–Kier alpha value is -4.65. The molecule has 3 aromatic rings. The van der Waals surface area contributed by atoms with Crippen LogP contribution >= 0.6 is 11.8 Å². The van der Waals surface area contributed by atoms with Crippen molar-refractivity contribution in [2.75, 3.05) is 0 Å². The smallest absolute Gasteiger partial charge is 0.181 e. The number of hydrogen-bond acceptors (Lipinski definition) is 3. The van der Waals surface area contributed by atoms with Crippen LogP contribution in [0.5, 0.6) is 0 Å². The molecule has 2 aromatic carbocycles. The highest BCUT2D eigenvalue weighted by Gasteiger charge is 2.36. The molecule has 1 aromatic heterocycles. The molecule has 2 nitrogen and oxygen atoms in total. The van der Waals surface area contributed by atoms with Gasteiger partial charge in [0.05, 0.1) is 6.04 Å². The second-order valence-corrected chi connectivity index (χ2v) is 16.7. The minimum absolute atomic E-state index is 0.301. The van der Waals surface area contributed by atoms with E-state index in [1.54, 1.807) is 5.57 Å². The van der Waals surface area contributed by atoms with E-state index in [1.807, 2.05) is 0 Å². The van der Waals surface area contributed by atoms with Crippen LogP contribution in [-0.4, -0.2) is 16.2 Å². The Labute approximate surface area is 312 Å². The predicted octanol–water partition coefficient (Wildman–Crippen LogP) is 12.0. The molecule has 2 heterocycles. The summed E-state index contributed by atoms with van der Waals surface area (Å²) < 4.78 is 6.11. The zero-order valence-electron chi connectivity index (χ0n) is 29.9. The highest BCUT2D eigenvalue weighted by molar-refractivity contribution is 8.04. The Kier molecular flexibility index (Phi) is 8.25. The first-order valence-corrected chi connectivity index (χ1v) is 20.4. The van der Waals surface area contributed by atoms with Gasteiger partial charge in [-0.3, -0.25) is 0 Å². The molecule has 7 unspecified atom stereocenters. The molecule has 0 saturated heterocycles. The molecule has 3 heteroatoms. The number of nitrogens with zero attached hydrogens (tertiary/aromatic N) is 1. The molecule has 258 valence electrons. The van der Waals surface area contributed by atoms with Crippen molar-refractivity contribution in [3.05, 3.63) is 177 Å². The molecule has 0 N–H and O–H groups in total. The summed E-state index contributed by atoms with van der Waals surface area (Å²) in [6.45, 7) is 2.42. The topological polar surface area (TPSA) is 16.4 Å². The van der Waals surface area contributed by atoms with Crippen molar-refractivity contribution in [1.82, 2.24) is 4.90 Å². The first-order chi connectivity index (χ1) is 25.7. The van der Waals surface area contributed by atoms with Crippen molar-refractivity contribution >= 4 is 22.7 Å². The fourth-order valence-electron chi connectivity index (χ4n) is 9.59. The lowest BCUT2D eigenvalue weighted by Gasteiger charge is -2.40. The molecule has 52 heavy (non-hydrogen) atoms. The summed E-state index contributed by atoms with van der Waals surface area (Å²) in [5.41, 5.74) is 10.8. The van der Waals surface area contributed by atoms with E-state index >= 15 is 0 Å². The number of furan rings is 1. The Morgan fingerprint density at radius 2 is 1.73 bits per heavy atom. The maximum atomic E-state index is 6.11. The summed E-state index contributed by atoms with van der Waals surface area (Å²) in [5.74, 6) is 9.48. The summed E-state index contributed by atoms with van der Waals surface area (Å²) in [5, 5.41) is 1.82. The number of benzene rings is 2. The van der Waals surface area contributed by atoms with E-state index in [0.29, 0.717) is 40.9 Å². The van der Waals surface area contributed by atoms with Crippen molar-refractivity contribution in [3.63, 3.8) is 0 Å². The van der Waals surface area contributed by atoms with Crippen molar-refractivity contribution in [1.29, 1.82) is 0 Å². The molecule has 0 saturated carbocycles. The van der Waals surface area contributed by atoms with Crippen LogP contribution in [0.15, 0.2) is 159 Å². The number of rotatable bonds is 6. The number of hydrogen-bond donors (Lipinski definition) is 0. The lowest BCUT2D eigenvalue weighted by molar-refractivity contribution is 0.334. The summed E-state index contributed by atoms with van der Waals surface area (Å²) in [6, 6.07) is 18.1. The van der Waals surface area contributed by atoms with Crippen molar-refractivity contribution < 1.29 is 4.42 Å². The predicted molar refractivity (Wildman–Crippen MR) is 217 cm³/mol. The van der Waals surface area contributed by atoms with Gasteiger partial charge in [-0.05, 0) is 96.9 Å². The van der Waals surface area contributed by atoms with Gasteiger partial charge < -0.3 is 9.32 Å². The van der Waals surface area contributed by atoms with Crippen LogP contribution in [0.1, 0.15) is 79.7 Å². The van der Waals surface area contributed by atoms with E-state index in [1.165, 1.54) is 56.8 Å². The molecule has 1 aliphatic heterocycles. The highest BCUT2D eigenvalue weighted by Crippen LogP contribution is 2.50. The van der Waals surface area contributed by atoms with E-state index in [0.717, 1.165) is 43.4 Å². The normalized spacial score (nSPS) is 29.9. The number of fused-ring (bicyclic) bond motifs is 5. The van der Waals surface area contributed by atoms with Crippen LogP contribution in [-0.2, 0) is 6.42 Å². The monoisotopic (exact) mass is 695 g/mol. The lowest BCUT2D eigenvalue weighted by Crippen LogP contribution is -2.35. The van der Waals surface area contributed by atoms with Gasteiger partial charge >= 0.3 is 0 Å². The summed E-state index contributed by atoms with van der Waals surface area (Å²) >= 11 is 2.06. The standard InChI is InChI=1S/C49H45NOS/c1-32-29-40(25-26-41(32)37-20-28-49-45(31-37)43-12-6-8-14-48(43)52-49)50(38-21-15-34(16-22-38)33-9-3-2-4-10-33)39-23-17-35(18-24-39)36-19-27-47-44(30-36)42-11-5-7-13-46(42)51-47/h2-4,8-10,14-15,17,19-23,25-32,34-35,39,41,45,49H,5-6,11-12,16,18,24H2,1H3. The van der Waals surface area contributed by atoms with Crippen molar-refractivity contribution in [2.45, 2.75) is 75.0 Å². The number of thioether (sulfide) groups is 1. The fraction of sp³-hybridized carbons (Fsp3) is 0.306. The Morgan fingerprint density at radius 1 is 0.808 bits per heavy atom. The first-order valence-electron chi connectivity index (χ1n) is 19.5. The average molecular weight is 696 g/mol. The van der Waals surface area contributed by atoms with Gasteiger partial charge in [0, 0.05) is 62.6 Å². The Balaban J connectivity index is 0.928. The molecule has 0 spiro atoms. The fourth-order valence-corrected chi connectivity index (χ4v) is 11.0. The number of aryl methyl sites for hydroxylation is 1. The second-order valence-electron chi connectivity index (χ2n) is 15.5. The van der Waals surface area contributed by atoms with E-state index in [2.05, 4.69) is 163 Å². The minimum atomic E-state index is 0.301. The molecule has 7 atom stereocenters. The van der Waals surface area contributed by atoms with E-state index in [-0.39, 0.29) is 0 Å². The van der Waals surface area contributed by atoms with Gasteiger partial charge in [-0.1, -0.05) is 116 Å². The molecule has 0 bridgehead atoms. The highest BCUT2D eigenvalue weighted by atomic mass is 32.2. The Bertz CT molecular complexity index is 2270. The molecule has 0 amide bonds. The van der Waals surface area contributed by atoms with Gasteiger partial charge in [-0.2, -0.15) is 0 Å². The third-order valence-electron chi connectivity index (χ3n) is 12.4. The molecule has 10 rings (SSSR count). The third kappa shape index (κ3) is 5.77. The van der Waals surface area contributed by atoms with Gasteiger partial charge in [-0.15, -0.1) is 11.8 Å². The van der Waals surface area contributed by atoms with Crippen LogP contribution in [0.4, 0.5) is 0 Å². The maximum absolute atomic E-state index is 6.11. The first kappa shape index (κ1) is 32.0. The molecule has 0 fully saturated rings. The van der Waals surface area contributed by atoms with Gasteiger partial charge in [0.15, 0.2) is 5.76 Å². The van der Waals surface area contributed by atoms with E-state index < -0.39 is 0 Å². The second kappa shape index (κ2) is 13.4. The zero-order valence-corrected chi connectivity index (χ0v) is 30.7. The van der Waals surface area contributed by atoms with Gasteiger partial charge in [0.1, 0.15) is 5.58 Å². The van der Waals surface area contributed by atoms with Crippen LogP contribution in [0.25, 0.3) is 11.0 Å². The molecular formula is C49H45NOS. The van der Waals surface area contributed by atoms with E-state index in [9.17, 15) is 0 Å². The van der Waals surface area contributed by atoms with Crippen LogP contribution in [0, 0.1) is 29.6 Å². The van der Waals surface area contributed by atoms with Crippen molar-refractivity contribution in [2.24, 2.45) is 17.8 Å². The van der Waals surface area contributed by atoms with Crippen LogP contribution in [0.2, 0.25) is 0 Å². The minimum Gasteiger partial charge on any atom is -0.447 e. The summed E-state index contributed by atoms with van der Waals surface area (Å²) in [4.78, 5) is 4.16. The van der Waals surface area contributed by atoms with E-state index in [4.69, 9.17) is 4.42 Å². The van der Waals surface area contributed by atoms with Gasteiger partial charge in [-0.25, -0.2) is 0 Å². The molecular weight excluding hydrogens is 651 g/mol. The molecule has 6 aliphatic carbocycles. The van der Waals surface area contributed by atoms with Crippen LogP contribution < -0.4 is 0 Å². The van der Waals surface area contributed by atoms with Crippen molar-refractivity contribution in [3.8, 4) is 11.8 Å². The lowest BCUT2D eigenvalue weighted by atomic mass is 9.77. The average Bonchev–Trinajstić information content (AvgIpc) is 3.77.